The van der Waals surface area contributed by atoms with Crippen molar-refractivity contribution in [1.82, 2.24) is 4.98 Å². The van der Waals surface area contributed by atoms with E-state index in [9.17, 15) is 0 Å². The van der Waals surface area contributed by atoms with E-state index in [-0.39, 0.29) is 0 Å². The maximum absolute atomic E-state index is 4.66. The van der Waals surface area contributed by atoms with Gasteiger partial charge in [-0.15, -0.1) is 0 Å². The normalized spacial score (nSPS) is 10.7. The van der Waals surface area contributed by atoms with E-state index in [1.165, 1.54) is 16.5 Å². The molecule has 0 aliphatic carbocycles. The average Bonchev–Trinajstić information content (AvgIpc) is 2.31. The van der Waals surface area contributed by atoms with E-state index in [2.05, 4.69) is 55.3 Å². The molecular formula is C14H18N2. The Labute approximate surface area is 96.7 Å². The zero-order valence-corrected chi connectivity index (χ0v) is 10.2. The molecule has 0 radical (unpaired) electrons. The van der Waals surface area contributed by atoms with Gasteiger partial charge in [0.05, 0.1) is 5.52 Å². The van der Waals surface area contributed by atoms with Crippen molar-refractivity contribution in [3.8, 4) is 0 Å². The Bertz CT molecular complexity index is 503. The van der Waals surface area contributed by atoms with E-state index < -0.39 is 0 Å². The maximum Gasteiger partial charge on any atom is 0.126 e. The summed E-state index contributed by atoms with van der Waals surface area (Å²) in [6.07, 6.45) is 1.12. The van der Waals surface area contributed by atoms with Gasteiger partial charge in [0.2, 0.25) is 0 Å². The lowest BCUT2D eigenvalue weighted by Gasteiger charge is -2.08. The molecule has 1 heterocycles. The third kappa shape index (κ3) is 2.01. The molecule has 1 N–H and O–H groups in total. The van der Waals surface area contributed by atoms with Crippen molar-refractivity contribution >= 4 is 16.7 Å². The van der Waals surface area contributed by atoms with E-state index in [4.69, 9.17) is 0 Å². The van der Waals surface area contributed by atoms with Crippen LogP contribution in [0.3, 0.4) is 0 Å². The first kappa shape index (κ1) is 10.9. The van der Waals surface area contributed by atoms with Crippen LogP contribution in [0.25, 0.3) is 10.9 Å². The van der Waals surface area contributed by atoms with Crippen molar-refractivity contribution in [3.63, 3.8) is 0 Å². The molecule has 0 aliphatic rings. The summed E-state index contributed by atoms with van der Waals surface area (Å²) < 4.78 is 0. The van der Waals surface area contributed by atoms with E-state index in [1.807, 2.05) is 0 Å². The van der Waals surface area contributed by atoms with Gasteiger partial charge in [-0.05, 0) is 43.5 Å². The molecule has 1 aromatic carbocycles. The number of pyridine rings is 1. The molecule has 0 atom stereocenters. The van der Waals surface area contributed by atoms with E-state index in [1.54, 1.807) is 0 Å². The Morgan fingerprint density at radius 1 is 1.06 bits per heavy atom. The minimum Gasteiger partial charge on any atom is -0.370 e. The van der Waals surface area contributed by atoms with Gasteiger partial charge in [-0.25, -0.2) is 4.98 Å². The molecule has 2 aromatic rings. The highest BCUT2D eigenvalue weighted by atomic mass is 15.0. The van der Waals surface area contributed by atoms with Crippen LogP contribution in [0.2, 0.25) is 0 Å². The quantitative estimate of drug-likeness (QED) is 0.843. The van der Waals surface area contributed by atoms with Crippen molar-refractivity contribution in [3.05, 3.63) is 35.4 Å². The summed E-state index contributed by atoms with van der Waals surface area (Å²) in [5.74, 6) is 0.975. The van der Waals surface area contributed by atoms with Crippen molar-refractivity contribution in [1.29, 1.82) is 0 Å². The van der Waals surface area contributed by atoms with Crippen LogP contribution in [-0.4, -0.2) is 11.5 Å². The molecule has 0 aliphatic heterocycles. The molecule has 2 heteroatoms. The summed E-state index contributed by atoms with van der Waals surface area (Å²) in [5.41, 5.74) is 3.64. The van der Waals surface area contributed by atoms with Crippen LogP contribution >= 0.6 is 0 Å². The minimum absolute atomic E-state index is 0.975. The number of anilines is 1. The van der Waals surface area contributed by atoms with Gasteiger partial charge in [0, 0.05) is 11.9 Å². The van der Waals surface area contributed by atoms with Gasteiger partial charge in [-0.1, -0.05) is 19.1 Å². The molecule has 0 saturated heterocycles. The highest BCUT2D eigenvalue weighted by Crippen LogP contribution is 2.22. The largest absolute Gasteiger partial charge is 0.370 e. The number of rotatable bonds is 3. The molecular weight excluding hydrogens is 196 g/mol. The predicted molar refractivity (Wildman–Crippen MR) is 70.0 cm³/mol. The predicted octanol–water partition coefficient (Wildman–Crippen LogP) is 3.67. The molecule has 2 nitrogen and oxygen atoms in total. The van der Waals surface area contributed by atoms with Crippen LogP contribution in [0, 0.1) is 13.8 Å². The summed E-state index contributed by atoms with van der Waals surface area (Å²) >= 11 is 0. The highest BCUT2D eigenvalue weighted by Gasteiger charge is 2.03. The van der Waals surface area contributed by atoms with Crippen LogP contribution < -0.4 is 5.32 Å². The van der Waals surface area contributed by atoms with Gasteiger partial charge < -0.3 is 5.32 Å². The minimum atomic E-state index is 0.975. The van der Waals surface area contributed by atoms with Gasteiger partial charge >= 0.3 is 0 Å². The zero-order chi connectivity index (χ0) is 11.5. The molecule has 0 saturated carbocycles. The Balaban J connectivity index is 2.48. The Hall–Kier alpha value is -1.57. The molecule has 1 aromatic heterocycles. The van der Waals surface area contributed by atoms with Gasteiger partial charge in [0.15, 0.2) is 0 Å². The summed E-state index contributed by atoms with van der Waals surface area (Å²) in [6.45, 7) is 7.37. The number of benzene rings is 1. The lowest BCUT2D eigenvalue weighted by atomic mass is 10.1. The number of aryl methyl sites for hydroxylation is 2. The molecule has 84 valence electrons. The van der Waals surface area contributed by atoms with Crippen molar-refractivity contribution < 1.29 is 0 Å². The van der Waals surface area contributed by atoms with Gasteiger partial charge in [0.25, 0.3) is 0 Å². The van der Waals surface area contributed by atoms with Crippen LogP contribution in [0.1, 0.15) is 24.5 Å². The third-order valence-corrected chi connectivity index (χ3v) is 2.83. The molecule has 0 fully saturated rings. The average molecular weight is 214 g/mol. The topological polar surface area (TPSA) is 24.9 Å². The van der Waals surface area contributed by atoms with Crippen LogP contribution in [0.5, 0.6) is 0 Å². The first-order valence-corrected chi connectivity index (χ1v) is 5.83. The summed E-state index contributed by atoms with van der Waals surface area (Å²) in [4.78, 5) is 4.66. The molecule has 0 amide bonds. The maximum atomic E-state index is 4.66. The second-order valence-corrected chi connectivity index (χ2v) is 4.22. The molecule has 0 unspecified atom stereocenters. The summed E-state index contributed by atoms with van der Waals surface area (Å²) in [5, 5.41) is 4.57. The Morgan fingerprint density at radius 3 is 2.56 bits per heavy atom. The molecule has 2 rings (SSSR count). The monoisotopic (exact) mass is 214 g/mol. The van der Waals surface area contributed by atoms with Gasteiger partial charge in [-0.2, -0.15) is 0 Å². The van der Waals surface area contributed by atoms with Crippen molar-refractivity contribution in [2.45, 2.75) is 27.2 Å². The van der Waals surface area contributed by atoms with E-state index >= 15 is 0 Å². The fourth-order valence-electron chi connectivity index (χ4n) is 1.85. The van der Waals surface area contributed by atoms with Gasteiger partial charge in [0.1, 0.15) is 5.82 Å². The zero-order valence-electron chi connectivity index (χ0n) is 10.2. The van der Waals surface area contributed by atoms with Crippen LogP contribution in [0.4, 0.5) is 5.82 Å². The van der Waals surface area contributed by atoms with E-state index in [0.717, 1.165) is 24.3 Å². The van der Waals surface area contributed by atoms with E-state index in [0.29, 0.717) is 0 Å². The number of hydrogen-bond donors (Lipinski definition) is 1. The fraction of sp³-hybridized carbons (Fsp3) is 0.357. The number of aromatic nitrogens is 1. The second kappa shape index (κ2) is 4.52. The summed E-state index contributed by atoms with van der Waals surface area (Å²) in [7, 11) is 0. The number of hydrogen-bond acceptors (Lipinski definition) is 2. The standard InChI is InChI=1S/C14H18N2/c1-4-9-15-13-8-7-12-10(2)5-6-11(3)14(12)16-13/h5-8H,4,9H2,1-3H3,(H,15,16). The molecule has 0 spiro atoms. The first-order valence-electron chi connectivity index (χ1n) is 5.83. The molecule has 16 heavy (non-hydrogen) atoms. The summed E-state index contributed by atoms with van der Waals surface area (Å²) in [6, 6.07) is 8.50. The smallest absolute Gasteiger partial charge is 0.126 e. The van der Waals surface area contributed by atoms with Gasteiger partial charge in [-0.3, -0.25) is 0 Å². The highest BCUT2D eigenvalue weighted by molar-refractivity contribution is 5.86. The number of fused-ring (bicyclic) bond motifs is 1. The SMILES string of the molecule is CCCNc1ccc2c(C)ccc(C)c2n1. The lowest BCUT2D eigenvalue weighted by molar-refractivity contribution is 0.971. The lowest BCUT2D eigenvalue weighted by Crippen LogP contribution is -2.02. The van der Waals surface area contributed by atoms with Crippen LogP contribution in [0.15, 0.2) is 24.3 Å². The van der Waals surface area contributed by atoms with Crippen molar-refractivity contribution in [2.24, 2.45) is 0 Å². The number of nitrogens with one attached hydrogen (secondary N) is 1. The molecule has 0 bridgehead atoms. The first-order chi connectivity index (χ1) is 7.72. The fourth-order valence-corrected chi connectivity index (χ4v) is 1.85. The van der Waals surface area contributed by atoms with Crippen LogP contribution in [-0.2, 0) is 0 Å². The third-order valence-electron chi connectivity index (χ3n) is 2.83. The second-order valence-electron chi connectivity index (χ2n) is 4.22. The number of nitrogens with zero attached hydrogens (tertiary/aromatic N) is 1. The Morgan fingerprint density at radius 2 is 1.81 bits per heavy atom. The Kier molecular flexibility index (Phi) is 3.09. The van der Waals surface area contributed by atoms with Crippen molar-refractivity contribution in [2.75, 3.05) is 11.9 Å².